The average Bonchev–Trinajstić information content (AvgIpc) is 3.01. The highest BCUT2D eigenvalue weighted by atomic mass is 16.3. The molecule has 0 radical (unpaired) electrons. The molecule has 43 heavy (non-hydrogen) atoms. The van der Waals surface area contributed by atoms with Gasteiger partial charge in [0.15, 0.2) is 0 Å². The molecule has 0 spiro atoms. The Labute approximate surface area is 267 Å². The second-order valence-electron chi connectivity index (χ2n) is 12.8. The molecule has 0 rings (SSSR count). The summed E-state index contributed by atoms with van der Waals surface area (Å²) in [6.45, 7) is 3.92. The first-order valence-electron chi connectivity index (χ1n) is 18.6. The molecule has 1 amide bonds. The molecule has 4 N–H and O–H groups in total. The lowest BCUT2D eigenvalue weighted by Crippen LogP contribution is -2.50. The van der Waals surface area contributed by atoms with Crippen molar-refractivity contribution in [2.45, 2.75) is 205 Å². The van der Waals surface area contributed by atoms with Crippen molar-refractivity contribution in [1.82, 2.24) is 5.32 Å². The maximum absolute atomic E-state index is 12.3. The van der Waals surface area contributed by atoms with E-state index in [1.165, 1.54) is 116 Å². The Morgan fingerprint density at radius 3 is 1.47 bits per heavy atom. The number of rotatable bonds is 33. The summed E-state index contributed by atoms with van der Waals surface area (Å²) >= 11 is 0. The summed E-state index contributed by atoms with van der Waals surface area (Å²) in [4.78, 5) is 12.3. The maximum Gasteiger partial charge on any atom is 0.220 e. The number of hydrogen-bond acceptors (Lipinski definition) is 4. The van der Waals surface area contributed by atoms with E-state index in [4.69, 9.17) is 0 Å². The van der Waals surface area contributed by atoms with Crippen LogP contribution in [0.5, 0.6) is 0 Å². The second-order valence-corrected chi connectivity index (χ2v) is 12.8. The van der Waals surface area contributed by atoms with Gasteiger partial charge in [-0.25, -0.2) is 0 Å². The fraction of sp³-hybridized carbons (Fsp3) is 0.868. The van der Waals surface area contributed by atoms with Crippen molar-refractivity contribution in [1.29, 1.82) is 0 Å². The van der Waals surface area contributed by atoms with Gasteiger partial charge in [0.05, 0.1) is 18.8 Å². The second kappa shape index (κ2) is 33.7. The van der Waals surface area contributed by atoms with Crippen molar-refractivity contribution < 1.29 is 20.1 Å². The molecule has 0 saturated heterocycles. The van der Waals surface area contributed by atoms with Crippen LogP contribution in [0.25, 0.3) is 0 Å². The van der Waals surface area contributed by atoms with Gasteiger partial charge in [0.2, 0.25) is 5.91 Å². The number of aliphatic hydroxyl groups excluding tert-OH is 3. The Kier molecular flexibility index (Phi) is 32.8. The molecule has 3 unspecified atom stereocenters. The lowest BCUT2D eigenvalue weighted by molar-refractivity contribution is -0.124. The predicted molar refractivity (Wildman–Crippen MR) is 185 cm³/mol. The number of carbonyl (C=O) groups is 1. The van der Waals surface area contributed by atoms with Crippen LogP contribution >= 0.6 is 0 Å². The van der Waals surface area contributed by atoms with Crippen molar-refractivity contribution in [3.05, 3.63) is 24.3 Å². The van der Waals surface area contributed by atoms with Crippen molar-refractivity contribution in [2.24, 2.45) is 0 Å². The SMILES string of the molecule is C/C=C/CC/C=C/CCCC(O)C(O)C(CO)NC(=O)CCCCCCCCCCCCCCCCCCCCCCC. The zero-order valence-corrected chi connectivity index (χ0v) is 28.6. The van der Waals surface area contributed by atoms with E-state index in [9.17, 15) is 20.1 Å². The van der Waals surface area contributed by atoms with E-state index in [2.05, 4.69) is 30.5 Å². The largest absolute Gasteiger partial charge is 0.394 e. The molecule has 254 valence electrons. The Morgan fingerprint density at radius 2 is 1.02 bits per heavy atom. The van der Waals surface area contributed by atoms with Crippen molar-refractivity contribution in [3.63, 3.8) is 0 Å². The molecule has 0 aromatic heterocycles. The van der Waals surface area contributed by atoms with Gasteiger partial charge in [-0.1, -0.05) is 160 Å². The van der Waals surface area contributed by atoms with Gasteiger partial charge in [-0.2, -0.15) is 0 Å². The van der Waals surface area contributed by atoms with Crippen LogP contribution in [0.15, 0.2) is 24.3 Å². The third kappa shape index (κ3) is 29.3. The summed E-state index contributed by atoms with van der Waals surface area (Å²) in [5, 5.41) is 33.1. The standard InChI is InChI=1S/C38H73NO4/c1-3-5-7-9-11-13-14-15-16-17-18-19-20-21-22-23-24-25-27-29-31-33-37(42)39-35(34-40)38(43)36(41)32-30-28-26-12-10-8-6-4-2/h4,6,12,26,35-36,38,40-41,43H,3,5,7-11,13-25,27-34H2,1-2H3,(H,39,42)/b6-4+,26-12+. The molecule has 5 heteroatoms. The Morgan fingerprint density at radius 1 is 0.605 bits per heavy atom. The predicted octanol–water partition coefficient (Wildman–Crippen LogP) is 9.87. The maximum atomic E-state index is 12.3. The minimum atomic E-state index is -1.16. The summed E-state index contributed by atoms with van der Waals surface area (Å²) in [6, 6.07) is -0.825. The minimum Gasteiger partial charge on any atom is -0.394 e. The van der Waals surface area contributed by atoms with Gasteiger partial charge >= 0.3 is 0 Å². The molecule has 0 aliphatic heterocycles. The fourth-order valence-corrected chi connectivity index (χ4v) is 5.71. The first-order chi connectivity index (χ1) is 21.1. The molecule has 3 atom stereocenters. The molecular weight excluding hydrogens is 534 g/mol. The van der Waals surface area contributed by atoms with Crippen molar-refractivity contribution in [2.75, 3.05) is 6.61 Å². The number of allylic oxidation sites excluding steroid dienone is 4. The summed E-state index contributed by atoms with van der Waals surface area (Å²) in [6.07, 6.45) is 38.8. The van der Waals surface area contributed by atoms with Crippen LogP contribution in [0.2, 0.25) is 0 Å². The van der Waals surface area contributed by atoms with Crippen LogP contribution in [0.3, 0.4) is 0 Å². The number of hydrogen-bond donors (Lipinski definition) is 4. The zero-order chi connectivity index (χ0) is 31.6. The van der Waals surface area contributed by atoms with Crippen LogP contribution in [0.1, 0.15) is 187 Å². The topological polar surface area (TPSA) is 89.8 Å². The smallest absolute Gasteiger partial charge is 0.220 e. The molecule has 0 aromatic rings. The van der Waals surface area contributed by atoms with Crippen LogP contribution in [0.4, 0.5) is 0 Å². The summed E-state index contributed by atoms with van der Waals surface area (Å²) in [7, 11) is 0. The van der Waals surface area contributed by atoms with E-state index in [0.29, 0.717) is 12.8 Å². The third-order valence-electron chi connectivity index (χ3n) is 8.63. The monoisotopic (exact) mass is 608 g/mol. The Bertz CT molecular complexity index is 635. The number of amides is 1. The normalized spacial score (nSPS) is 14.1. The summed E-state index contributed by atoms with van der Waals surface area (Å²) < 4.78 is 0. The van der Waals surface area contributed by atoms with E-state index >= 15 is 0 Å². The van der Waals surface area contributed by atoms with Crippen LogP contribution in [0, 0.1) is 0 Å². The summed E-state index contributed by atoms with van der Waals surface area (Å²) in [5.74, 6) is -0.160. The molecular formula is C38H73NO4. The molecule has 5 nitrogen and oxygen atoms in total. The fourth-order valence-electron chi connectivity index (χ4n) is 5.71. The van der Waals surface area contributed by atoms with Gasteiger partial charge in [-0.3, -0.25) is 4.79 Å². The van der Waals surface area contributed by atoms with Gasteiger partial charge in [0, 0.05) is 6.42 Å². The highest BCUT2D eigenvalue weighted by Gasteiger charge is 2.26. The van der Waals surface area contributed by atoms with Gasteiger partial charge in [-0.15, -0.1) is 0 Å². The van der Waals surface area contributed by atoms with E-state index in [1.807, 2.05) is 13.0 Å². The van der Waals surface area contributed by atoms with Gasteiger partial charge in [-0.05, 0) is 45.4 Å². The van der Waals surface area contributed by atoms with Crippen LogP contribution < -0.4 is 5.32 Å². The minimum absolute atomic E-state index is 0.160. The van der Waals surface area contributed by atoms with E-state index in [1.54, 1.807) is 0 Å². The summed E-state index contributed by atoms with van der Waals surface area (Å²) in [5.41, 5.74) is 0. The molecule has 0 bridgehead atoms. The lowest BCUT2D eigenvalue weighted by Gasteiger charge is -2.26. The Balaban J connectivity index is 3.58. The van der Waals surface area contributed by atoms with E-state index in [-0.39, 0.29) is 12.5 Å². The quantitative estimate of drug-likeness (QED) is 0.0441. The van der Waals surface area contributed by atoms with Crippen molar-refractivity contribution in [3.8, 4) is 0 Å². The highest BCUT2D eigenvalue weighted by Crippen LogP contribution is 2.16. The first-order valence-corrected chi connectivity index (χ1v) is 18.6. The van der Waals surface area contributed by atoms with Crippen LogP contribution in [-0.2, 0) is 4.79 Å². The average molecular weight is 608 g/mol. The van der Waals surface area contributed by atoms with Gasteiger partial charge < -0.3 is 20.6 Å². The van der Waals surface area contributed by atoms with E-state index < -0.39 is 18.2 Å². The highest BCUT2D eigenvalue weighted by molar-refractivity contribution is 5.76. The van der Waals surface area contributed by atoms with Crippen LogP contribution in [-0.4, -0.2) is 46.1 Å². The van der Waals surface area contributed by atoms with Gasteiger partial charge in [0.25, 0.3) is 0 Å². The number of nitrogens with one attached hydrogen (secondary N) is 1. The Hall–Kier alpha value is -1.17. The molecule has 0 fully saturated rings. The van der Waals surface area contributed by atoms with Crippen molar-refractivity contribution >= 4 is 5.91 Å². The molecule has 0 aliphatic rings. The first kappa shape index (κ1) is 41.8. The molecule has 0 saturated carbocycles. The number of aliphatic hydroxyl groups is 3. The third-order valence-corrected chi connectivity index (χ3v) is 8.63. The zero-order valence-electron chi connectivity index (χ0n) is 28.6. The number of unbranched alkanes of at least 4 members (excludes halogenated alkanes) is 22. The lowest BCUT2D eigenvalue weighted by atomic mass is 10.0. The molecule has 0 aliphatic carbocycles. The van der Waals surface area contributed by atoms with E-state index in [0.717, 1.165) is 44.9 Å². The molecule has 0 heterocycles. The van der Waals surface area contributed by atoms with Gasteiger partial charge in [0.1, 0.15) is 6.10 Å². The molecule has 0 aromatic carbocycles. The number of carbonyl (C=O) groups excluding carboxylic acids is 1.